The molecule has 1 atom stereocenters. The molecule has 0 radical (unpaired) electrons. The van der Waals surface area contributed by atoms with E-state index in [9.17, 15) is 9.59 Å². The summed E-state index contributed by atoms with van der Waals surface area (Å²) in [5.41, 5.74) is -0.219. The molecule has 1 aliphatic heterocycles. The molecule has 1 aliphatic rings. The highest BCUT2D eigenvalue weighted by atomic mass is 35.5. The van der Waals surface area contributed by atoms with E-state index in [0.717, 1.165) is 10.5 Å². The van der Waals surface area contributed by atoms with Gasteiger partial charge in [0.25, 0.3) is 5.91 Å². The predicted molar refractivity (Wildman–Crippen MR) is 73.6 cm³/mol. The van der Waals surface area contributed by atoms with Crippen molar-refractivity contribution < 1.29 is 9.59 Å². The molecule has 1 aromatic rings. The van der Waals surface area contributed by atoms with Crippen molar-refractivity contribution in [1.82, 2.24) is 10.2 Å². The fraction of sp³-hybridized carbons (Fsp3) is 0.286. The lowest BCUT2D eigenvalue weighted by molar-refractivity contribution is -0.131. The molecule has 2 rings (SSSR count). The lowest BCUT2D eigenvalue weighted by Gasteiger charge is -2.25. The topological polar surface area (TPSA) is 49.4 Å². The number of amides is 3. The van der Waals surface area contributed by atoms with Crippen LogP contribution in [0.3, 0.4) is 0 Å². The molecule has 1 N–H and O–H groups in total. The van der Waals surface area contributed by atoms with E-state index < -0.39 is 11.6 Å². The third kappa shape index (κ3) is 2.24. The first-order chi connectivity index (χ1) is 9.01. The molecule has 0 bridgehead atoms. The van der Waals surface area contributed by atoms with E-state index in [0.29, 0.717) is 6.42 Å². The maximum Gasteiger partial charge on any atom is 0.325 e. The Morgan fingerprint density at radius 2 is 2.00 bits per heavy atom. The molecular weight excluding hydrogens is 264 g/mol. The number of benzene rings is 1. The molecule has 1 aromatic carbocycles. The van der Waals surface area contributed by atoms with Crippen molar-refractivity contribution >= 4 is 23.5 Å². The zero-order valence-electron chi connectivity index (χ0n) is 10.6. The van der Waals surface area contributed by atoms with Gasteiger partial charge in [0.1, 0.15) is 5.54 Å². The van der Waals surface area contributed by atoms with Crippen molar-refractivity contribution in [2.75, 3.05) is 6.54 Å². The van der Waals surface area contributed by atoms with E-state index in [1.807, 2.05) is 37.3 Å². The largest absolute Gasteiger partial charge is 0.325 e. The van der Waals surface area contributed by atoms with Gasteiger partial charge in [-0.3, -0.25) is 9.69 Å². The van der Waals surface area contributed by atoms with E-state index >= 15 is 0 Å². The second-order valence-electron chi connectivity index (χ2n) is 4.46. The summed E-state index contributed by atoms with van der Waals surface area (Å²) in [5.74, 6) is -0.284. The maximum absolute atomic E-state index is 12.5. The predicted octanol–water partition coefficient (Wildman–Crippen LogP) is 2.60. The molecule has 0 unspecified atom stereocenters. The van der Waals surface area contributed by atoms with Gasteiger partial charge in [-0.2, -0.15) is 0 Å². The van der Waals surface area contributed by atoms with Crippen LogP contribution < -0.4 is 5.32 Å². The molecule has 0 spiro atoms. The number of nitrogens with one attached hydrogen (secondary N) is 1. The molecule has 0 aromatic heterocycles. The van der Waals surface area contributed by atoms with Crippen LogP contribution in [0, 0.1) is 0 Å². The van der Waals surface area contributed by atoms with E-state index in [1.54, 1.807) is 0 Å². The number of halogens is 1. The van der Waals surface area contributed by atoms with Gasteiger partial charge in [0.2, 0.25) is 0 Å². The smallest absolute Gasteiger partial charge is 0.319 e. The quantitative estimate of drug-likeness (QED) is 0.861. The summed E-state index contributed by atoms with van der Waals surface area (Å²) in [6.45, 7) is 5.42. The fourth-order valence-electron chi connectivity index (χ4n) is 2.30. The number of rotatable bonds is 4. The van der Waals surface area contributed by atoms with E-state index in [4.69, 9.17) is 11.6 Å². The minimum Gasteiger partial charge on any atom is -0.319 e. The average molecular weight is 279 g/mol. The van der Waals surface area contributed by atoms with Gasteiger partial charge in [-0.25, -0.2) is 4.79 Å². The van der Waals surface area contributed by atoms with Gasteiger partial charge in [-0.05, 0) is 12.0 Å². The summed E-state index contributed by atoms with van der Waals surface area (Å²) in [6, 6.07) is 8.79. The van der Waals surface area contributed by atoms with E-state index in [2.05, 4.69) is 11.9 Å². The molecule has 5 heteroatoms. The van der Waals surface area contributed by atoms with Gasteiger partial charge in [0.05, 0.1) is 6.54 Å². The molecule has 100 valence electrons. The van der Waals surface area contributed by atoms with Gasteiger partial charge in [0.15, 0.2) is 0 Å². The van der Waals surface area contributed by atoms with E-state index in [1.165, 1.54) is 0 Å². The van der Waals surface area contributed by atoms with E-state index in [-0.39, 0.29) is 17.5 Å². The summed E-state index contributed by atoms with van der Waals surface area (Å²) in [4.78, 5) is 25.6. The Kier molecular flexibility index (Phi) is 3.62. The van der Waals surface area contributed by atoms with Crippen LogP contribution in [-0.2, 0) is 10.3 Å². The second kappa shape index (κ2) is 5.05. The first-order valence-corrected chi connectivity index (χ1v) is 6.42. The van der Waals surface area contributed by atoms with Gasteiger partial charge in [0, 0.05) is 5.03 Å². The molecule has 0 aliphatic carbocycles. The molecule has 19 heavy (non-hydrogen) atoms. The Balaban J connectivity index is 2.41. The van der Waals surface area contributed by atoms with Crippen LogP contribution in [0.2, 0.25) is 0 Å². The Bertz CT molecular complexity index is 530. The van der Waals surface area contributed by atoms with Crippen LogP contribution in [-0.4, -0.2) is 23.4 Å². The minimum absolute atomic E-state index is 0.0286. The summed E-state index contributed by atoms with van der Waals surface area (Å²) < 4.78 is 0. The monoisotopic (exact) mass is 278 g/mol. The van der Waals surface area contributed by atoms with Gasteiger partial charge in [-0.1, -0.05) is 55.4 Å². The summed E-state index contributed by atoms with van der Waals surface area (Å²) in [5, 5.41) is 3.03. The molecule has 0 saturated carbocycles. The number of nitrogens with zero attached hydrogens (tertiary/aromatic N) is 1. The van der Waals surface area contributed by atoms with Crippen molar-refractivity contribution in [3.8, 4) is 0 Å². The van der Waals surface area contributed by atoms with Crippen molar-refractivity contribution in [2.24, 2.45) is 0 Å². The molecular formula is C14H15ClN2O2. The number of hydrogen-bond donors (Lipinski definition) is 1. The molecule has 1 heterocycles. The SMILES string of the molecule is C=C(Cl)CN1C(=O)N[C@](CC)(c2ccccc2)C1=O. The molecule has 4 nitrogen and oxygen atoms in total. The number of urea groups is 1. The Morgan fingerprint density at radius 1 is 1.37 bits per heavy atom. The van der Waals surface area contributed by atoms with Gasteiger partial charge >= 0.3 is 6.03 Å². The van der Waals surface area contributed by atoms with Crippen molar-refractivity contribution in [1.29, 1.82) is 0 Å². The third-order valence-electron chi connectivity index (χ3n) is 3.30. The summed E-state index contributed by atoms with van der Waals surface area (Å²) >= 11 is 5.70. The number of carbonyl (C=O) groups is 2. The Labute approximate surface area is 117 Å². The highest BCUT2D eigenvalue weighted by Crippen LogP contribution is 2.32. The molecule has 3 amide bonds. The lowest BCUT2D eigenvalue weighted by atomic mass is 9.87. The number of imide groups is 1. The summed E-state index contributed by atoms with van der Waals surface area (Å²) in [6.07, 6.45) is 0.479. The van der Waals surface area contributed by atoms with Crippen LogP contribution in [0.5, 0.6) is 0 Å². The van der Waals surface area contributed by atoms with Crippen molar-refractivity contribution in [3.63, 3.8) is 0 Å². The van der Waals surface area contributed by atoms with Crippen LogP contribution in [0.1, 0.15) is 18.9 Å². The van der Waals surface area contributed by atoms with Gasteiger partial charge < -0.3 is 5.32 Å². The van der Waals surface area contributed by atoms with Crippen LogP contribution >= 0.6 is 11.6 Å². The standard InChI is InChI=1S/C14H15ClN2O2/c1-3-14(11-7-5-4-6-8-11)12(18)17(9-10(2)15)13(19)16-14/h4-8H,2-3,9H2,1H3,(H,16,19)/t14-/m1/s1. The third-order valence-corrected chi connectivity index (χ3v) is 3.42. The number of hydrogen-bond acceptors (Lipinski definition) is 2. The van der Waals surface area contributed by atoms with Crippen LogP contribution in [0.15, 0.2) is 41.9 Å². The van der Waals surface area contributed by atoms with Gasteiger partial charge in [-0.15, -0.1) is 0 Å². The van der Waals surface area contributed by atoms with Crippen molar-refractivity contribution in [2.45, 2.75) is 18.9 Å². The molecule has 1 saturated heterocycles. The zero-order chi connectivity index (χ0) is 14.0. The minimum atomic E-state index is -0.995. The first kappa shape index (κ1) is 13.6. The average Bonchev–Trinajstić information content (AvgIpc) is 2.64. The Hall–Kier alpha value is -1.81. The van der Waals surface area contributed by atoms with Crippen LogP contribution in [0.25, 0.3) is 0 Å². The lowest BCUT2D eigenvalue weighted by Crippen LogP contribution is -2.43. The molecule has 1 fully saturated rings. The highest BCUT2D eigenvalue weighted by molar-refractivity contribution is 6.30. The fourth-order valence-corrected chi connectivity index (χ4v) is 2.42. The normalized spacial score (nSPS) is 22.5. The maximum atomic E-state index is 12.5. The second-order valence-corrected chi connectivity index (χ2v) is 5.00. The summed E-state index contributed by atoms with van der Waals surface area (Å²) in [7, 11) is 0. The Morgan fingerprint density at radius 3 is 2.53 bits per heavy atom. The van der Waals surface area contributed by atoms with Crippen molar-refractivity contribution in [3.05, 3.63) is 47.5 Å². The first-order valence-electron chi connectivity index (χ1n) is 6.04. The van der Waals surface area contributed by atoms with Crippen LogP contribution in [0.4, 0.5) is 4.79 Å². The number of carbonyl (C=O) groups excluding carboxylic acids is 2. The zero-order valence-corrected chi connectivity index (χ0v) is 11.4. The highest BCUT2D eigenvalue weighted by Gasteiger charge is 2.50.